The van der Waals surface area contributed by atoms with Crippen molar-refractivity contribution in [2.75, 3.05) is 0 Å². The third kappa shape index (κ3) is 15.0. The van der Waals surface area contributed by atoms with E-state index < -0.39 is 18.0 Å². The minimum Gasteiger partial charge on any atom is -0.479 e. The Labute approximate surface area is 194 Å². The molecule has 32 heavy (non-hydrogen) atoms. The standard InChI is InChI=1S/C27H44O5/c1-3-4-5-8-14-19-25(31-22-24-17-12-11-13-18-24)20-15-9-6-7-10-16-21-26(27(29)30)32-23(2)28/h11-13,17-18,25-26H,3-10,14-16,19-22H2,1-2H3,(H,29,30). The monoisotopic (exact) mass is 448 g/mol. The molecule has 2 atom stereocenters. The molecule has 1 N–H and O–H groups in total. The summed E-state index contributed by atoms with van der Waals surface area (Å²) in [5, 5.41) is 9.08. The van der Waals surface area contributed by atoms with Gasteiger partial charge in [-0.05, 0) is 31.2 Å². The Kier molecular flexibility index (Phi) is 16.4. The van der Waals surface area contributed by atoms with Gasteiger partial charge in [-0.1, -0.05) is 101 Å². The van der Waals surface area contributed by atoms with Crippen molar-refractivity contribution in [2.45, 2.75) is 123 Å². The number of hydrogen-bond acceptors (Lipinski definition) is 4. The zero-order chi connectivity index (χ0) is 23.4. The van der Waals surface area contributed by atoms with Gasteiger partial charge in [0.2, 0.25) is 0 Å². The number of benzene rings is 1. The van der Waals surface area contributed by atoms with E-state index in [4.69, 9.17) is 14.6 Å². The Morgan fingerprint density at radius 3 is 1.88 bits per heavy atom. The largest absolute Gasteiger partial charge is 0.479 e. The molecule has 5 heteroatoms. The lowest BCUT2D eigenvalue weighted by Gasteiger charge is -2.18. The molecule has 0 bridgehead atoms. The number of carbonyl (C=O) groups excluding carboxylic acids is 1. The summed E-state index contributed by atoms with van der Waals surface area (Å²) in [4.78, 5) is 22.0. The SMILES string of the molecule is CCCCCCCC(CCCCCCCCC(OC(C)=O)C(=O)O)OCc1ccccc1. The van der Waals surface area contributed by atoms with E-state index >= 15 is 0 Å². The number of rotatable bonds is 20. The molecule has 0 aliphatic heterocycles. The molecule has 0 aromatic heterocycles. The van der Waals surface area contributed by atoms with Crippen LogP contribution in [-0.4, -0.2) is 29.3 Å². The van der Waals surface area contributed by atoms with Gasteiger partial charge in [-0.25, -0.2) is 4.79 Å². The highest BCUT2D eigenvalue weighted by Gasteiger charge is 2.19. The topological polar surface area (TPSA) is 72.8 Å². The summed E-state index contributed by atoms with van der Waals surface area (Å²) < 4.78 is 11.1. The number of carboxylic acid groups (broad SMARTS) is 1. The summed E-state index contributed by atoms with van der Waals surface area (Å²) in [7, 11) is 0. The highest BCUT2D eigenvalue weighted by Crippen LogP contribution is 2.18. The second-order valence-electron chi connectivity index (χ2n) is 8.76. The lowest BCUT2D eigenvalue weighted by Crippen LogP contribution is -2.25. The van der Waals surface area contributed by atoms with E-state index in [9.17, 15) is 9.59 Å². The molecule has 5 nitrogen and oxygen atoms in total. The van der Waals surface area contributed by atoms with Gasteiger partial charge in [0.25, 0.3) is 0 Å². The maximum Gasteiger partial charge on any atom is 0.345 e. The smallest absolute Gasteiger partial charge is 0.345 e. The van der Waals surface area contributed by atoms with Crippen molar-refractivity contribution < 1.29 is 24.2 Å². The molecule has 0 amide bonds. The van der Waals surface area contributed by atoms with E-state index in [2.05, 4.69) is 31.2 Å². The van der Waals surface area contributed by atoms with E-state index in [1.165, 1.54) is 57.4 Å². The molecular weight excluding hydrogens is 404 g/mol. The fourth-order valence-corrected chi connectivity index (χ4v) is 3.92. The Balaban J connectivity index is 2.21. The average molecular weight is 449 g/mol. The second kappa shape index (κ2) is 18.7. The average Bonchev–Trinajstić information content (AvgIpc) is 2.77. The molecule has 0 saturated carbocycles. The third-order valence-electron chi connectivity index (χ3n) is 5.78. The van der Waals surface area contributed by atoms with Crippen LogP contribution in [0.5, 0.6) is 0 Å². The molecule has 0 radical (unpaired) electrons. The molecule has 182 valence electrons. The van der Waals surface area contributed by atoms with Gasteiger partial charge in [-0.15, -0.1) is 0 Å². The van der Waals surface area contributed by atoms with Gasteiger partial charge < -0.3 is 14.6 Å². The lowest BCUT2D eigenvalue weighted by atomic mass is 10.0. The van der Waals surface area contributed by atoms with Gasteiger partial charge in [-0.3, -0.25) is 4.79 Å². The lowest BCUT2D eigenvalue weighted by molar-refractivity contribution is -0.163. The van der Waals surface area contributed by atoms with Gasteiger partial charge >= 0.3 is 11.9 Å². The van der Waals surface area contributed by atoms with Crippen LogP contribution >= 0.6 is 0 Å². The zero-order valence-corrected chi connectivity index (χ0v) is 20.2. The van der Waals surface area contributed by atoms with Crippen LogP contribution in [0, 0.1) is 0 Å². The predicted octanol–water partition coefficient (Wildman–Crippen LogP) is 7.07. The van der Waals surface area contributed by atoms with Crippen molar-refractivity contribution in [1.29, 1.82) is 0 Å². The minimum absolute atomic E-state index is 0.330. The first kappa shape index (κ1) is 28.2. The molecule has 1 aromatic rings. The normalized spacial score (nSPS) is 12.9. The maximum atomic E-state index is 11.1. The highest BCUT2D eigenvalue weighted by molar-refractivity contribution is 5.76. The molecule has 1 aromatic carbocycles. The van der Waals surface area contributed by atoms with Crippen molar-refractivity contribution in [3.05, 3.63) is 35.9 Å². The number of aliphatic carboxylic acids is 1. The molecule has 0 saturated heterocycles. The Morgan fingerprint density at radius 2 is 1.34 bits per heavy atom. The van der Waals surface area contributed by atoms with Gasteiger partial charge in [-0.2, -0.15) is 0 Å². The molecule has 0 spiro atoms. The number of carboxylic acids is 1. The minimum atomic E-state index is -1.06. The van der Waals surface area contributed by atoms with Crippen LogP contribution < -0.4 is 0 Å². The quantitative estimate of drug-likeness (QED) is 0.171. The molecule has 0 heterocycles. The van der Waals surface area contributed by atoms with Crippen molar-refractivity contribution in [1.82, 2.24) is 0 Å². The number of hydrogen-bond donors (Lipinski definition) is 1. The molecular formula is C27H44O5. The molecule has 2 unspecified atom stereocenters. The Morgan fingerprint density at radius 1 is 0.812 bits per heavy atom. The predicted molar refractivity (Wildman–Crippen MR) is 129 cm³/mol. The molecule has 0 aliphatic carbocycles. The van der Waals surface area contributed by atoms with Crippen molar-refractivity contribution in [3.8, 4) is 0 Å². The van der Waals surface area contributed by atoms with Gasteiger partial charge in [0.1, 0.15) is 0 Å². The van der Waals surface area contributed by atoms with Crippen LogP contribution in [0.15, 0.2) is 30.3 Å². The van der Waals surface area contributed by atoms with Crippen LogP contribution in [0.4, 0.5) is 0 Å². The summed E-state index contributed by atoms with van der Waals surface area (Å²) in [6, 6.07) is 10.4. The van der Waals surface area contributed by atoms with Crippen LogP contribution in [0.25, 0.3) is 0 Å². The van der Waals surface area contributed by atoms with Crippen molar-refractivity contribution in [2.24, 2.45) is 0 Å². The van der Waals surface area contributed by atoms with E-state index in [1.54, 1.807) is 0 Å². The van der Waals surface area contributed by atoms with Crippen LogP contribution in [0.2, 0.25) is 0 Å². The number of carbonyl (C=O) groups is 2. The molecule has 0 aliphatic rings. The Hall–Kier alpha value is -1.88. The summed E-state index contributed by atoms with van der Waals surface area (Å²) >= 11 is 0. The summed E-state index contributed by atoms with van der Waals surface area (Å²) in [5.41, 5.74) is 1.23. The van der Waals surface area contributed by atoms with Gasteiger partial charge in [0.15, 0.2) is 6.10 Å². The second-order valence-corrected chi connectivity index (χ2v) is 8.76. The first-order valence-corrected chi connectivity index (χ1v) is 12.6. The van der Waals surface area contributed by atoms with Gasteiger partial charge in [0.05, 0.1) is 12.7 Å². The first-order valence-electron chi connectivity index (χ1n) is 12.6. The van der Waals surface area contributed by atoms with E-state index in [0.717, 1.165) is 38.5 Å². The third-order valence-corrected chi connectivity index (χ3v) is 5.78. The Bertz CT molecular complexity index is 601. The van der Waals surface area contributed by atoms with E-state index in [1.807, 2.05) is 6.07 Å². The summed E-state index contributed by atoms with van der Waals surface area (Å²) in [6.45, 7) is 4.18. The molecule has 0 fully saturated rings. The fourth-order valence-electron chi connectivity index (χ4n) is 3.92. The number of unbranched alkanes of at least 4 members (excludes halogenated alkanes) is 9. The zero-order valence-electron chi connectivity index (χ0n) is 20.2. The summed E-state index contributed by atoms with van der Waals surface area (Å²) in [5.74, 6) is -1.59. The number of ether oxygens (including phenoxy) is 2. The highest BCUT2D eigenvalue weighted by atomic mass is 16.6. The summed E-state index contributed by atoms with van der Waals surface area (Å²) in [6.07, 6.45) is 14.7. The maximum absolute atomic E-state index is 11.1. The van der Waals surface area contributed by atoms with Crippen LogP contribution in [-0.2, 0) is 25.7 Å². The fraction of sp³-hybridized carbons (Fsp3) is 0.704. The first-order chi connectivity index (χ1) is 15.5. The van der Waals surface area contributed by atoms with Gasteiger partial charge in [0, 0.05) is 6.92 Å². The van der Waals surface area contributed by atoms with Crippen molar-refractivity contribution >= 4 is 11.9 Å². The van der Waals surface area contributed by atoms with E-state index in [-0.39, 0.29) is 0 Å². The molecule has 1 rings (SSSR count). The van der Waals surface area contributed by atoms with Crippen LogP contribution in [0.3, 0.4) is 0 Å². The van der Waals surface area contributed by atoms with E-state index in [0.29, 0.717) is 19.1 Å². The number of esters is 1. The van der Waals surface area contributed by atoms with Crippen LogP contribution in [0.1, 0.15) is 109 Å². The van der Waals surface area contributed by atoms with Crippen molar-refractivity contribution in [3.63, 3.8) is 0 Å².